The minimum atomic E-state index is -0.0660. The Bertz CT molecular complexity index is 3350. The van der Waals surface area contributed by atoms with Gasteiger partial charge in [-0.15, -0.1) is 0 Å². The highest BCUT2D eigenvalue weighted by Gasteiger charge is 2.23. The average Bonchev–Trinajstić information content (AvgIpc) is 3.68. The van der Waals surface area contributed by atoms with Gasteiger partial charge in [0.05, 0.1) is 22.1 Å². The zero-order chi connectivity index (χ0) is 37.9. The van der Waals surface area contributed by atoms with E-state index in [0.29, 0.717) is 5.39 Å². The third kappa shape index (κ3) is 5.32. The van der Waals surface area contributed by atoms with E-state index < -0.39 is 0 Å². The standard InChI is InChI=1S/C52H34N4O/c57-52-45-24-11-10-23-43(45)49-50(55(52)39-20-8-3-9-21-39)46-34-42(31-32-44(46)51-53-47-25-12-13-26-48(47)56(49)51)54(40-29-27-37(28-30-40)35-15-4-1-5-16-35)41-22-14-19-38(33-41)36-17-6-2-7-18-36/h1-34H. The largest absolute Gasteiger partial charge is 0.310 e. The van der Waals surface area contributed by atoms with Crippen LogP contribution in [0.3, 0.4) is 0 Å². The molecule has 3 aromatic heterocycles. The van der Waals surface area contributed by atoms with Crippen molar-refractivity contribution in [1.82, 2.24) is 14.0 Å². The van der Waals surface area contributed by atoms with Crippen molar-refractivity contribution in [3.63, 3.8) is 0 Å². The highest BCUT2D eigenvalue weighted by molar-refractivity contribution is 6.20. The molecule has 11 rings (SSSR count). The summed E-state index contributed by atoms with van der Waals surface area (Å²) >= 11 is 0. The fraction of sp³-hybridized carbons (Fsp3) is 0. The average molecular weight is 731 g/mol. The van der Waals surface area contributed by atoms with Gasteiger partial charge >= 0.3 is 0 Å². The van der Waals surface area contributed by atoms with Gasteiger partial charge in [-0.05, 0) is 95.1 Å². The second kappa shape index (κ2) is 13.2. The van der Waals surface area contributed by atoms with Gasteiger partial charge in [-0.25, -0.2) is 4.98 Å². The zero-order valence-corrected chi connectivity index (χ0v) is 30.8. The highest BCUT2D eigenvalue weighted by Crippen LogP contribution is 2.42. The molecule has 0 spiro atoms. The summed E-state index contributed by atoms with van der Waals surface area (Å²) < 4.78 is 4.14. The predicted molar refractivity (Wildman–Crippen MR) is 236 cm³/mol. The monoisotopic (exact) mass is 730 g/mol. The number of aromatic nitrogens is 3. The first-order chi connectivity index (χ1) is 28.2. The Morgan fingerprint density at radius 1 is 0.404 bits per heavy atom. The first kappa shape index (κ1) is 32.7. The lowest BCUT2D eigenvalue weighted by Crippen LogP contribution is -2.20. The summed E-state index contributed by atoms with van der Waals surface area (Å²) in [6, 6.07) is 71.2. The van der Waals surface area contributed by atoms with Crippen LogP contribution in [-0.4, -0.2) is 14.0 Å². The summed E-state index contributed by atoms with van der Waals surface area (Å²) in [4.78, 5) is 22.4. The smallest absolute Gasteiger partial charge is 0.263 e. The molecule has 268 valence electrons. The van der Waals surface area contributed by atoms with Crippen molar-refractivity contribution >= 4 is 66.3 Å². The first-order valence-electron chi connectivity index (χ1n) is 19.2. The zero-order valence-electron chi connectivity index (χ0n) is 30.8. The molecule has 0 unspecified atom stereocenters. The van der Waals surface area contributed by atoms with E-state index in [1.807, 2.05) is 71.3 Å². The maximum absolute atomic E-state index is 14.8. The van der Waals surface area contributed by atoms with E-state index >= 15 is 0 Å². The summed E-state index contributed by atoms with van der Waals surface area (Å²) in [5.41, 5.74) is 12.8. The third-order valence-electron chi connectivity index (χ3n) is 11.1. The van der Waals surface area contributed by atoms with Crippen molar-refractivity contribution in [1.29, 1.82) is 0 Å². The second-order valence-electron chi connectivity index (χ2n) is 14.4. The third-order valence-corrected chi connectivity index (χ3v) is 11.1. The van der Waals surface area contributed by atoms with Crippen LogP contribution in [-0.2, 0) is 0 Å². The lowest BCUT2D eigenvalue weighted by molar-refractivity contribution is 1.06. The quantitative estimate of drug-likeness (QED) is 0.160. The summed E-state index contributed by atoms with van der Waals surface area (Å²) in [6.45, 7) is 0. The van der Waals surface area contributed by atoms with Gasteiger partial charge in [0, 0.05) is 44.3 Å². The number of nitrogens with zero attached hydrogens (tertiary/aromatic N) is 4. The number of benzene rings is 8. The Hall–Kier alpha value is -7.76. The van der Waals surface area contributed by atoms with Crippen LogP contribution in [0.25, 0.3) is 77.2 Å². The Labute approximate surface area is 328 Å². The molecule has 5 heteroatoms. The summed E-state index contributed by atoms with van der Waals surface area (Å²) in [5, 5.41) is 3.43. The molecule has 0 saturated heterocycles. The topological polar surface area (TPSA) is 42.5 Å². The number of imidazole rings is 1. The number of hydrogen-bond acceptors (Lipinski definition) is 3. The molecule has 3 heterocycles. The van der Waals surface area contributed by atoms with E-state index in [1.165, 1.54) is 5.56 Å². The van der Waals surface area contributed by atoms with Crippen LogP contribution >= 0.6 is 0 Å². The summed E-state index contributed by atoms with van der Waals surface area (Å²) in [6.07, 6.45) is 0. The van der Waals surface area contributed by atoms with Crippen LogP contribution < -0.4 is 10.5 Å². The summed E-state index contributed by atoms with van der Waals surface area (Å²) in [5.74, 6) is 0. The van der Waals surface area contributed by atoms with Gasteiger partial charge in [-0.2, -0.15) is 0 Å². The summed E-state index contributed by atoms with van der Waals surface area (Å²) in [7, 11) is 0. The molecule has 11 aromatic rings. The molecule has 0 saturated carbocycles. The van der Waals surface area contributed by atoms with Gasteiger partial charge in [0.2, 0.25) is 0 Å². The highest BCUT2D eigenvalue weighted by atomic mass is 16.1. The van der Waals surface area contributed by atoms with E-state index in [0.717, 1.165) is 83.3 Å². The van der Waals surface area contributed by atoms with Gasteiger partial charge < -0.3 is 4.90 Å². The Balaban J connectivity index is 1.25. The lowest BCUT2D eigenvalue weighted by atomic mass is 10.0. The molecule has 8 aromatic carbocycles. The molecular weight excluding hydrogens is 697 g/mol. The normalized spacial score (nSPS) is 11.6. The number of hydrogen-bond donors (Lipinski definition) is 0. The van der Waals surface area contributed by atoms with Crippen LogP contribution in [0.2, 0.25) is 0 Å². The molecular formula is C52H34N4O. The van der Waals surface area contributed by atoms with Crippen molar-refractivity contribution in [3.05, 3.63) is 217 Å². The van der Waals surface area contributed by atoms with Gasteiger partial charge in [-0.3, -0.25) is 13.8 Å². The van der Waals surface area contributed by atoms with Crippen molar-refractivity contribution in [2.75, 3.05) is 4.90 Å². The van der Waals surface area contributed by atoms with Crippen molar-refractivity contribution < 1.29 is 0 Å². The van der Waals surface area contributed by atoms with E-state index in [2.05, 4.69) is 149 Å². The predicted octanol–water partition coefficient (Wildman–Crippen LogP) is 12.9. The number of anilines is 3. The molecule has 0 bridgehead atoms. The van der Waals surface area contributed by atoms with Gasteiger partial charge in [0.1, 0.15) is 5.65 Å². The molecule has 0 aliphatic carbocycles. The van der Waals surface area contributed by atoms with Crippen molar-refractivity contribution in [3.8, 4) is 27.9 Å². The molecule has 0 fully saturated rings. The van der Waals surface area contributed by atoms with Crippen LogP contribution in [0.15, 0.2) is 211 Å². The maximum atomic E-state index is 14.8. The molecule has 0 radical (unpaired) electrons. The van der Waals surface area contributed by atoms with Gasteiger partial charge in [-0.1, -0.05) is 133 Å². The second-order valence-corrected chi connectivity index (χ2v) is 14.4. The number of fused-ring (bicyclic) bond motifs is 10. The van der Waals surface area contributed by atoms with Gasteiger partial charge in [0.15, 0.2) is 0 Å². The minimum absolute atomic E-state index is 0.0660. The molecule has 0 atom stereocenters. The maximum Gasteiger partial charge on any atom is 0.263 e. The molecule has 0 aliphatic rings. The minimum Gasteiger partial charge on any atom is -0.310 e. The van der Waals surface area contributed by atoms with E-state index in [-0.39, 0.29) is 5.56 Å². The van der Waals surface area contributed by atoms with Crippen LogP contribution in [0.5, 0.6) is 0 Å². The Kier molecular flexibility index (Phi) is 7.57. The molecule has 0 amide bonds. The Morgan fingerprint density at radius 2 is 0.982 bits per heavy atom. The van der Waals surface area contributed by atoms with E-state index in [4.69, 9.17) is 4.98 Å². The SMILES string of the molecule is O=c1c2ccccc2c2c(c3cc(N(c4ccc(-c5ccccc5)cc4)c4cccc(-c5ccccc5)c4)ccc3c3nc4ccccc4n32)n1-c1ccccc1. The molecule has 0 N–H and O–H groups in total. The van der Waals surface area contributed by atoms with Crippen LogP contribution in [0.1, 0.15) is 0 Å². The first-order valence-corrected chi connectivity index (χ1v) is 19.2. The number of rotatable bonds is 6. The van der Waals surface area contributed by atoms with E-state index in [9.17, 15) is 4.79 Å². The van der Waals surface area contributed by atoms with Crippen LogP contribution in [0, 0.1) is 0 Å². The number of pyridine rings is 2. The lowest BCUT2D eigenvalue weighted by Gasteiger charge is -2.27. The molecule has 0 aliphatic heterocycles. The fourth-order valence-corrected chi connectivity index (χ4v) is 8.46. The fourth-order valence-electron chi connectivity index (χ4n) is 8.46. The van der Waals surface area contributed by atoms with E-state index in [1.54, 1.807) is 0 Å². The van der Waals surface area contributed by atoms with Crippen molar-refractivity contribution in [2.45, 2.75) is 0 Å². The van der Waals surface area contributed by atoms with Gasteiger partial charge in [0.25, 0.3) is 5.56 Å². The molecule has 5 nitrogen and oxygen atoms in total. The van der Waals surface area contributed by atoms with Crippen molar-refractivity contribution in [2.24, 2.45) is 0 Å². The molecule has 57 heavy (non-hydrogen) atoms. The Morgan fingerprint density at radius 3 is 1.74 bits per heavy atom. The van der Waals surface area contributed by atoms with Crippen LogP contribution in [0.4, 0.5) is 17.1 Å². The number of para-hydroxylation sites is 3.